The zero-order valence-electron chi connectivity index (χ0n) is 20.4. The quantitative estimate of drug-likeness (QED) is 0.338. The van der Waals surface area contributed by atoms with Crippen molar-refractivity contribution in [2.45, 2.75) is 51.7 Å². The minimum absolute atomic E-state index is 0.0166. The molecule has 0 radical (unpaired) electrons. The highest BCUT2D eigenvalue weighted by Gasteiger charge is 2.40. The molecule has 1 N–H and O–H groups in total. The molecule has 0 fully saturated rings. The summed E-state index contributed by atoms with van der Waals surface area (Å²) in [5.74, 6) is -0.0166. The predicted molar refractivity (Wildman–Crippen MR) is 141 cm³/mol. The first-order chi connectivity index (χ1) is 15.5. The standard InChI is InChI=1S/C25H32N4O2SSi/c1-25(2,3)33(6,7)31-28-20-11-8-16-14-17(9-10-18(16)20)27-22-19-12-13-26-15-21(19)32-23(22)24(30)29(4)5/h9-10,12-15,27H,8,11H2,1-7H3/b28-20-. The van der Waals surface area contributed by atoms with Crippen LogP contribution in [0.25, 0.3) is 10.1 Å². The maximum Gasteiger partial charge on any atom is 0.286 e. The second-order valence-electron chi connectivity index (χ2n) is 10.3. The fourth-order valence-corrected chi connectivity index (χ4v) is 5.28. The number of anilines is 2. The lowest BCUT2D eigenvalue weighted by atomic mass is 10.1. The summed E-state index contributed by atoms with van der Waals surface area (Å²) in [4.78, 5) is 19.3. The van der Waals surface area contributed by atoms with Gasteiger partial charge in [0.05, 0.1) is 16.1 Å². The third kappa shape index (κ3) is 4.54. The molecule has 1 aromatic carbocycles. The fraction of sp³-hybridized carbons (Fsp3) is 0.400. The molecule has 0 saturated carbocycles. The van der Waals surface area contributed by atoms with E-state index in [0.717, 1.165) is 45.6 Å². The smallest absolute Gasteiger partial charge is 0.286 e. The van der Waals surface area contributed by atoms with Crippen LogP contribution in [0.5, 0.6) is 0 Å². The van der Waals surface area contributed by atoms with Gasteiger partial charge in [-0.05, 0) is 54.7 Å². The molecule has 0 atom stereocenters. The summed E-state index contributed by atoms with van der Waals surface area (Å²) < 4.78 is 7.12. The summed E-state index contributed by atoms with van der Waals surface area (Å²) in [6.45, 7) is 11.1. The summed E-state index contributed by atoms with van der Waals surface area (Å²) in [5.41, 5.74) is 5.23. The van der Waals surface area contributed by atoms with Gasteiger partial charge in [-0.1, -0.05) is 26.8 Å². The van der Waals surface area contributed by atoms with Gasteiger partial charge in [0.1, 0.15) is 4.88 Å². The van der Waals surface area contributed by atoms with Gasteiger partial charge in [-0.25, -0.2) is 0 Å². The van der Waals surface area contributed by atoms with Crippen molar-refractivity contribution in [2.24, 2.45) is 5.16 Å². The first-order valence-corrected chi connectivity index (χ1v) is 14.9. The minimum Gasteiger partial charge on any atom is -0.455 e. The van der Waals surface area contributed by atoms with E-state index in [1.807, 2.05) is 12.3 Å². The number of oxime groups is 1. The van der Waals surface area contributed by atoms with E-state index in [4.69, 9.17) is 4.53 Å². The number of aryl methyl sites for hydroxylation is 1. The Balaban J connectivity index is 1.63. The van der Waals surface area contributed by atoms with Crippen molar-refractivity contribution in [3.8, 4) is 0 Å². The number of fused-ring (bicyclic) bond motifs is 2. The SMILES string of the molecule is CN(C)C(=O)c1sc2cnccc2c1Nc1ccc2c(c1)CC/C2=N/O[Si](C)(C)C(C)(C)C. The number of aromatic nitrogens is 1. The number of carbonyl (C=O) groups is 1. The highest BCUT2D eigenvalue weighted by atomic mass is 32.1. The van der Waals surface area contributed by atoms with Gasteiger partial charge in [0.2, 0.25) is 0 Å². The zero-order chi connectivity index (χ0) is 24.0. The van der Waals surface area contributed by atoms with E-state index in [0.29, 0.717) is 4.88 Å². The Morgan fingerprint density at radius 2 is 1.97 bits per heavy atom. The predicted octanol–water partition coefficient (Wildman–Crippen LogP) is 6.41. The van der Waals surface area contributed by atoms with Crippen LogP contribution in [-0.2, 0) is 10.9 Å². The largest absolute Gasteiger partial charge is 0.455 e. The third-order valence-electron chi connectivity index (χ3n) is 6.60. The molecule has 0 unspecified atom stereocenters. The Kier molecular flexibility index (Phi) is 6.09. The Morgan fingerprint density at radius 3 is 2.67 bits per heavy atom. The number of hydrogen-bond acceptors (Lipinski definition) is 6. The molecule has 174 valence electrons. The van der Waals surface area contributed by atoms with Crippen LogP contribution in [0.2, 0.25) is 18.1 Å². The Hall–Kier alpha value is -2.71. The third-order valence-corrected chi connectivity index (χ3v) is 11.9. The number of nitrogens with one attached hydrogen (secondary N) is 1. The van der Waals surface area contributed by atoms with Crippen LogP contribution in [-0.4, -0.2) is 43.9 Å². The lowest BCUT2D eigenvalue weighted by Gasteiger charge is -2.33. The monoisotopic (exact) mass is 480 g/mol. The van der Waals surface area contributed by atoms with Crippen LogP contribution in [0.1, 0.15) is 48.0 Å². The van der Waals surface area contributed by atoms with Crippen molar-refractivity contribution in [1.29, 1.82) is 0 Å². The van der Waals surface area contributed by atoms with Crippen molar-refractivity contribution in [3.63, 3.8) is 0 Å². The second kappa shape index (κ2) is 8.57. The lowest BCUT2D eigenvalue weighted by Crippen LogP contribution is -2.39. The molecule has 0 bridgehead atoms. The molecule has 8 heteroatoms. The van der Waals surface area contributed by atoms with Crippen LogP contribution in [0.4, 0.5) is 11.4 Å². The summed E-state index contributed by atoms with van der Waals surface area (Å²) in [5, 5.41) is 9.25. The molecule has 1 amide bonds. The molecule has 3 aromatic rings. The van der Waals surface area contributed by atoms with Crippen molar-refractivity contribution >= 4 is 52.7 Å². The number of benzene rings is 1. The minimum atomic E-state index is -1.94. The number of nitrogens with zero attached hydrogens (tertiary/aromatic N) is 3. The van der Waals surface area contributed by atoms with Crippen LogP contribution >= 0.6 is 11.3 Å². The Morgan fingerprint density at radius 1 is 1.21 bits per heavy atom. The van der Waals surface area contributed by atoms with Crippen molar-refractivity contribution < 1.29 is 9.32 Å². The molecule has 33 heavy (non-hydrogen) atoms. The van der Waals surface area contributed by atoms with Gasteiger partial charge in [0.15, 0.2) is 0 Å². The van der Waals surface area contributed by atoms with Gasteiger partial charge in [-0.15, -0.1) is 16.5 Å². The van der Waals surface area contributed by atoms with E-state index in [1.54, 1.807) is 25.2 Å². The number of hydrogen-bond donors (Lipinski definition) is 1. The van der Waals surface area contributed by atoms with E-state index in [1.165, 1.54) is 16.9 Å². The molecule has 1 aliphatic rings. The summed E-state index contributed by atoms with van der Waals surface area (Å²) >= 11 is 1.47. The van der Waals surface area contributed by atoms with Crippen LogP contribution in [0.3, 0.4) is 0 Å². The molecular weight excluding hydrogens is 448 g/mol. The van der Waals surface area contributed by atoms with Crippen LogP contribution in [0.15, 0.2) is 41.8 Å². The van der Waals surface area contributed by atoms with Gasteiger partial charge in [0, 0.05) is 43.1 Å². The van der Waals surface area contributed by atoms with Crippen LogP contribution in [0, 0.1) is 0 Å². The average molecular weight is 481 g/mol. The first-order valence-electron chi connectivity index (χ1n) is 11.2. The normalized spacial score (nSPS) is 15.1. The molecule has 1 aliphatic carbocycles. The summed E-state index contributed by atoms with van der Waals surface area (Å²) in [7, 11) is 1.61. The molecule has 6 nitrogen and oxygen atoms in total. The van der Waals surface area contributed by atoms with E-state index < -0.39 is 8.32 Å². The maximum absolute atomic E-state index is 12.8. The zero-order valence-corrected chi connectivity index (χ0v) is 22.3. The highest BCUT2D eigenvalue weighted by Crippen LogP contribution is 2.39. The second-order valence-corrected chi connectivity index (χ2v) is 16.0. The molecule has 0 spiro atoms. The Bertz CT molecular complexity index is 1240. The molecule has 0 aliphatic heterocycles. The lowest BCUT2D eigenvalue weighted by molar-refractivity contribution is 0.0833. The molecule has 2 aromatic heterocycles. The van der Waals surface area contributed by atoms with Gasteiger partial charge >= 0.3 is 0 Å². The topological polar surface area (TPSA) is 66.8 Å². The van der Waals surface area contributed by atoms with Crippen LogP contribution < -0.4 is 5.32 Å². The fourth-order valence-electron chi connectivity index (χ4n) is 3.52. The number of amides is 1. The van der Waals surface area contributed by atoms with Gasteiger partial charge in [0.25, 0.3) is 14.2 Å². The highest BCUT2D eigenvalue weighted by molar-refractivity contribution is 7.21. The first kappa shape index (κ1) is 23.4. The Labute approximate surface area is 200 Å². The van der Waals surface area contributed by atoms with Crippen molar-refractivity contribution in [3.05, 3.63) is 52.7 Å². The van der Waals surface area contributed by atoms with E-state index in [2.05, 4.69) is 67.5 Å². The van der Waals surface area contributed by atoms with E-state index >= 15 is 0 Å². The number of rotatable bonds is 5. The molecule has 2 heterocycles. The van der Waals surface area contributed by atoms with E-state index in [-0.39, 0.29) is 10.9 Å². The maximum atomic E-state index is 12.8. The van der Waals surface area contributed by atoms with Crippen molar-refractivity contribution in [2.75, 3.05) is 19.4 Å². The van der Waals surface area contributed by atoms with Crippen molar-refractivity contribution in [1.82, 2.24) is 9.88 Å². The van der Waals surface area contributed by atoms with Gasteiger partial charge in [-0.2, -0.15) is 0 Å². The summed E-state index contributed by atoms with van der Waals surface area (Å²) in [6, 6.07) is 8.29. The average Bonchev–Trinajstić information content (AvgIpc) is 3.32. The van der Waals surface area contributed by atoms with E-state index in [9.17, 15) is 4.79 Å². The van der Waals surface area contributed by atoms with Gasteiger partial charge < -0.3 is 14.7 Å². The molecule has 4 rings (SSSR count). The number of thiophene rings is 1. The van der Waals surface area contributed by atoms with Gasteiger partial charge in [-0.3, -0.25) is 9.78 Å². The molecule has 0 saturated heterocycles. The number of pyridine rings is 1. The number of carbonyl (C=O) groups excluding carboxylic acids is 1. The molecular formula is C25H32N4O2SSi. The summed E-state index contributed by atoms with van der Waals surface area (Å²) in [6.07, 6.45) is 5.39.